The minimum Gasteiger partial charge on any atom is -0.503 e. The van der Waals surface area contributed by atoms with E-state index < -0.39 is 17.7 Å². The zero-order chi connectivity index (χ0) is 16.3. The molecule has 0 bridgehead atoms. The molecule has 118 valence electrons. The number of aliphatic hydroxyl groups excluding tert-OH is 1. The molecule has 1 aliphatic heterocycles. The molecule has 2 rings (SSSR count). The van der Waals surface area contributed by atoms with Crippen molar-refractivity contribution in [1.82, 2.24) is 4.90 Å². The predicted octanol–water partition coefficient (Wildman–Crippen LogP) is 1.63. The van der Waals surface area contributed by atoms with Gasteiger partial charge in [-0.1, -0.05) is 12.1 Å². The number of hydrogen-bond donors (Lipinski definition) is 1. The van der Waals surface area contributed by atoms with Gasteiger partial charge in [0, 0.05) is 13.7 Å². The standard InChI is InChI=1S/C16H19NO5/c1-10(18)13-14(11-4-6-12(22-3)7-5-11)17(8-9-21-2)16(20)15(13)19/h4-7,14,19H,8-9H2,1-3H3/t14-/m0/s1. The second-order valence-corrected chi connectivity index (χ2v) is 4.99. The summed E-state index contributed by atoms with van der Waals surface area (Å²) in [4.78, 5) is 25.5. The van der Waals surface area contributed by atoms with Crippen LogP contribution in [0.25, 0.3) is 0 Å². The highest BCUT2D eigenvalue weighted by atomic mass is 16.5. The molecule has 0 fully saturated rings. The van der Waals surface area contributed by atoms with E-state index >= 15 is 0 Å². The van der Waals surface area contributed by atoms with Crippen molar-refractivity contribution < 1.29 is 24.2 Å². The molecule has 0 saturated heterocycles. The summed E-state index contributed by atoms with van der Waals surface area (Å²) in [7, 11) is 3.09. The minimum absolute atomic E-state index is 0.117. The molecule has 0 aromatic heterocycles. The largest absolute Gasteiger partial charge is 0.503 e. The Morgan fingerprint density at radius 1 is 1.27 bits per heavy atom. The zero-order valence-electron chi connectivity index (χ0n) is 12.8. The van der Waals surface area contributed by atoms with Gasteiger partial charge in [0.1, 0.15) is 5.75 Å². The summed E-state index contributed by atoms with van der Waals surface area (Å²) in [5, 5.41) is 10.0. The van der Waals surface area contributed by atoms with Crippen LogP contribution in [-0.2, 0) is 14.3 Å². The van der Waals surface area contributed by atoms with Gasteiger partial charge in [0.2, 0.25) is 0 Å². The average molecular weight is 305 g/mol. The first-order valence-corrected chi connectivity index (χ1v) is 6.89. The summed E-state index contributed by atoms with van der Waals surface area (Å²) in [6.07, 6.45) is 0. The molecule has 0 saturated carbocycles. The number of ketones is 1. The minimum atomic E-state index is -0.606. The fourth-order valence-corrected chi connectivity index (χ4v) is 2.57. The van der Waals surface area contributed by atoms with Crippen LogP contribution in [-0.4, -0.2) is 49.1 Å². The summed E-state index contributed by atoms with van der Waals surface area (Å²) in [6, 6.07) is 6.45. The molecule has 1 N–H and O–H groups in total. The van der Waals surface area contributed by atoms with Gasteiger partial charge in [0.15, 0.2) is 11.5 Å². The lowest BCUT2D eigenvalue weighted by Crippen LogP contribution is -2.33. The number of carbonyl (C=O) groups is 2. The Bertz CT molecular complexity index is 605. The molecule has 1 aliphatic rings. The smallest absolute Gasteiger partial charge is 0.290 e. The summed E-state index contributed by atoms with van der Waals surface area (Å²) in [5.41, 5.74) is 0.853. The summed E-state index contributed by atoms with van der Waals surface area (Å²) >= 11 is 0. The highest BCUT2D eigenvalue weighted by Crippen LogP contribution is 2.37. The molecule has 0 spiro atoms. The first-order valence-electron chi connectivity index (χ1n) is 6.89. The second-order valence-electron chi connectivity index (χ2n) is 4.99. The number of carbonyl (C=O) groups excluding carboxylic acids is 2. The van der Waals surface area contributed by atoms with E-state index in [9.17, 15) is 14.7 Å². The normalized spacial score (nSPS) is 18.0. The van der Waals surface area contributed by atoms with Gasteiger partial charge in [-0.25, -0.2) is 0 Å². The Labute approximate surface area is 128 Å². The number of Topliss-reactive ketones (excluding diaryl/α,β-unsaturated/α-hetero) is 1. The first kappa shape index (κ1) is 16.0. The monoisotopic (exact) mass is 305 g/mol. The van der Waals surface area contributed by atoms with Gasteiger partial charge in [-0.05, 0) is 24.6 Å². The molecule has 22 heavy (non-hydrogen) atoms. The molecular formula is C16H19NO5. The SMILES string of the molecule is COCCN1C(=O)C(O)=C(C(C)=O)[C@@H]1c1ccc(OC)cc1. The topological polar surface area (TPSA) is 76.1 Å². The Balaban J connectivity index is 2.43. The number of benzene rings is 1. The van der Waals surface area contributed by atoms with Crippen LogP contribution in [0.3, 0.4) is 0 Å². The molecule has 6 heteroatoms. The fourth-order valence-electron chi connectivity index (χ4n) is 2.57. The lowest BCUT2D eigenvalue weighted by atomic mass is 9.97. The number of nitrogens with zero attached hydrogens (tertiary/aromatic N) is 1. The van der Waals surface area contributed by atoms with Crippen LogP contribution in [0.4, 0.5) is 0 Å². The van der Waals surface area contributed by atoms with Gasteiger partial charge >= 0.3 is 0 Å². The maximum Gasteiger partial charge on any atom is 0.290 e. The van der Waals surface area contributed by atoms with E-state index in [1.165, 1.54) is 18.9 Å². The fraction of sp³-hybridized carbons (Fsp3) is 0.375. The van der Waals surface area contributed by atoms with Crippen LogP contribution < -0.4 is 4.74 Å². The molecule has 1 amide bonds. The molecule has 1 heterocycles. The Morgan fingerprint density at radius 2 is 1.91 bits per heavy atom. The average Bonchev–Trinajstić information content (AvgIpc) is 2.77. The quantitative estimate of drug-likeness (QED) is 0.864. The van der Waals surface area contributed by atoms with Crippen molar-refractivity contribution in [1.29, 1.82) is 0 Å². The number of rotatable bonds is 6. The molecule has 0 radical (unpaired) electrons. The van der Waals surface area contributed by atoms with Gasteiger partial charge in [-0.15, -0.1) is 0 Å². The molecular weight excluding hydrogens is 286 g/mol. The first-order chi connectivity index (χ1) is 10.5. The molecule has 1 aromatic rings. The lowest BCUT2D eigenvalue weighted by molar-refractivity contribution is -0.130. The third-order valence-corrected chi connectivity index (χ3v) is 3.65. The molecule has 1 aromatic carbocycles. The van der Waals surface area contributed by atoms with Crippen LogP contribution in [0.1, 0.15) is 18.5 Å². The second kappa shape index (κ2) is 6.62. The molecule has 1 atom stereocenters. The zero-order valence-corrected chi connectivity index (χ0v) is 12.8. The summed E-state index contributed by atoms with van der Waals surface area (Å²) in [6.45, 7) is 1.94. The van der Waals surface area contributed by atoms with E-state index in [0.29, 0.717) is 12.4 Å². The third-order valence-electron chi connectivity index (χ3n) is 3.65. The van der Waals surface area contributed by atoms with Crippen LogP contribution in [0.5, 0.6) is 5.75 Å². The number of ether oxygens (including phenoxy) is 2. The highest BCUT2D eigenvalue weighted by Gasteiger charge is 2.41. The van der Waals surface area contributed by atoms with E-state index in [0.717, 1.165) is 5.56 Å². The van der Waals surface area contributed by atoms with Crippen LogP contribution in [0, 0.1) is 0 Å². The van der Waals surface area contributed by atoms with E-state index in [1.807, 2.05) is 0 Å². The van der Waals surface area contributed by atoms with Crippen molar-refractivity contribution in [2.24, 2.45) is 0 Å². The van der Waals surface area contributed by atoms with Crippen molar-refractivity contribution in [3.63, 3.8) is 0 Å². The molecule has 0 unspecified atom stereocenters. The van der Waals surface area contributed by atoms with Crippen LogP contribution in [0.15, 0.2) is 35.6 Å². The lowest BCUT2D eigenvalue weighted by Gasteiger charge is -2.26. The van der Waals surface area contributed by atoms with Crippen molar-refractivity contribution in [3.05, 3.63) is 41.2 Å². The van der Waals surface area contributed by atoms with Gasteiger partial charge in [0.25, 0.3) is 5.91 Å². The number of methoxy groups -OCH3 is 2. The Kier molecular flexibility index (Phi) is 4.82. The number of hydrogen-bond acceptors (Lipinski definition) is 5. The molecule has 6 nitrogen and oxygen atoms in total. The van der Waals surface area contributed by atoms with Gasteiger partial charge in [0.05, 0.1) is 25.3 Å². The van der Waals surface area contributed by atoms with Crippen LogP contribution in [0.2, 0.25) is 0 Å². The van der Waals surface area contributed by atoms with Crippen molar-refractivity contribution in [2.75, 3.05) is 27.4 Å². The van der Waals surface area contributed by atoms with Crippen molar-refractivity contribution in [2.45, 2.75) is 13.0 Å². The van der Waals surface area contributed by atoms with Crippen molar-refractivity contribution >= 4 is 11.7 Å². The van der Waals surface area contributed by atoms with E-state index in [-0.39, 0.29) is 17.9 Å². The third kappa shape index (κ3) is 2.82. The predicted molar refractivity (Wildman–Crippen MR) is 79.7 cm³/mol. The van der Waals surface area contributed by atoms with E-state index in [4.69, 9.17) is 9.47 Å². The summed E-state index contributed by atoms with van der Waals surface area (Å²) in [5.74, 6) is -0.687. The maximum absolute atomic E-state index is 12.2. The van der Waals surface area contributed by atoms with Gasteiger partial charge in [-0.2, -0.15) is 0 Å². The van der Waals surface area contributed by atoms with E-state index in [2.05, 4.69) is 0 Å². The van der Waals surface area contributed by atoms with Crippen LogP contribution >= 0.6 is 0 Å². The Hall–Kier alpha value is -2.34. The summed E-state index contributed by atoms with van der Waals surface area (Å²) < 4.78 is 10.1. The highest BCUT2D eigenvalue weighted by molar-refractivity contribution is 6.08. The number of amides is 1. The van der Waals surface area contributed by atoms with Crippen molar-refractivity contribution in [3.8, 4) is 5.75 Å². The van der Waals surface area contributed by atoms with Gasteiger partial charge in [-0.3, -0.25) is 9.59 Å². The van der Waals surface area contributed by atoms with E-state index in [1.54, 1.807) is 31.4 Å². The number of aliphatic hydroxyl groups is 1. The maximum atomic E-state index is 12.2. The molecule has 0 aliphatic carbocycles. The Morgan fingerprint density at radius 3 is 2.41 bits per heavy atom. The van der Waals surface area contributed by atoms with Gasteiger partial charge < -0.3 is 19.5 Å².